The Labute approximate surface area is 180 Å². The van der Waals surface area contributed by atoms with E-state index in [0.717, 1.165) is 18.8 Å². The molecule has 4 unspecified atom stereocenters. The van der Waals surface area contributed by atoms with Gasteiger partial charge in [-0.3, -0.25) is 9.10 Å². The lowest BCUT2D eigenvalue weighted by atomic mass is 9.69. The number of fused-ring (bicyclic) bond motifs is 1. The number of piperidine rings is 1. The van der Waals surface area contributed by atoms with Crippen LogP contribution in [0.25, 0.3) is 0 Å². The van der Waals surface area contributed by atoms with Crippen LogP contribution in [0.15, 0.2) is 12.3 Å². The van der Waals surface area contributed by atoms with E-state index in [0.29, 0.717) is 36.2 Å². The van der Waals surface area contributed by atoms with Gasteiger partial charge in [0.25, 0.3) is 0 Å². The Kier molecular flexibility index (Phi) is 6.89. The minimum absolute atomic E-state index is 0.0860. The Bertz CT molecular complexity index is 858. The molecule has 2 heterocycles. The summed E-state index contributed by atoms with van der Waals surface area (Å²) in [7, 11) is -3.45. The van der Waals surface area contributed by atoms with Crippen molar-refractivity contribution in [2.24, 2.45) is 23.7 Å². The molecule has 0 spiro atoms. The number of nitrogens with zero attached hydrogens (tertiary/aromatic N) is 3. The fourth-order valence-electron chi connectivity index (χ4n) is 4.89. The number of hydrogen-bond donors (Lipinski definition) is 2. The molecule has 1 saturated heterocycles. The van der Waals surface area contributed by atoms with Crippen molar-refractivity contribution in [2.75, 3.05) is 22.4 Å². The summed E-state index contributed by atoms with van der Waals surface area (Å²) in [6.45, 7) is 8.60. The lowest BCUT2D eigenvalue weighted by Gasteiger charge is -2.43. The average Bonchev–Trinajstić information content (AvgIpc) is 2.64. The Morgan fingerprint density at radius 1 is 1.23 bits per heavy atom. The highest BCUT2D eigenvalue weighted by Gasteiger charge is 2.39. The van der Waals surface area contributed by atoms with E-state index in [1.807, 2.05) is 0 Å². The van der Waals surface area contributed by atoms with Crippen LogP contribution in [0.2, 0.25) is 0 Å². The zero-order valence-electron chi connectivity index (χ0n) is 18.6. The SMILES string of the molecule is CC(C)C1CCC2NC(=O)C(CNc3nccc(N(C(C)C)S(C)(=O)=O)n3)CC2C1. The summed E-state index contributed by atoms with van der Waals surface area (Å²) >= 11 is 0. The Hall–Kier alpha value is -1.90. The number of nitrogens with one attached hydrogen (secondary N) is 2. The van der Waals surface area contributed by atoms with E-state index in [4.69, 9.17) is 0 Å². The van der Waals surface area contributed by atoms with Crippen molar-refractivity contribution < 1.29 is 13.2 Å². The lowest BCUT2D eigenvalue weighted by Crippen LogP contribution is -2.53. The molecular formula is C21H35N5O3S. The zero-order valence-corrected chi connectivity index (χ0v) is 19.4. The predicted octanol–water partition coefficient (Wildman–Crippen LogP) is 2.64. The molecule has 168 valence electrons. The fraction of sp³-hybridized carbons (Fsp3) is 0.762. The second kappa shape index (κ2) is 9.08. The van der Waals surface area contributed by atoms with Gasteiger partial charge in [0.2, 0.25) is 21.9 Å². The maximum Gasteiger partial charge on any atom is 0.233 e. The van der Waals surface area contributed by atoms with Gasteiger partial charge in [0, 0.05) is 30.9 Å². The summed E-state index contributed by atoms with van der Waals surface area (Å²) in [6.07, 6.45) is 7.00. The number of anilines is 2. The van der Waals surface area contributed by atoms with E-state index in [9.17, 15) is 13.2 Å². The van der Waals surface area contributed by atoms with Crippen LogP contribution in [-0.4, -0.2) is 49.2 Å². The summed E-state index contributed by atoms with van der Waals surface area (Å²) in [4.78, 5) is 21.2. The molecule has 1 amide bonds. The highest BCUT2D eigenvalue weighted by atomic mass is 32.2. The molecule has 9 heteroatoms. The van der Waals surface area contributed by atoms with Crippen LogP contribution in [0, 0.1) is 23.7 Å². The maximum atomic E-state index is 12.6. The minimum atomic E-state index is -3.45. The van der Waals surface area contributed by atoms with Gasteiger partial charge in [-0.15, -0.1) is 0 Å². The molecule has 2 N–H and O–H groups in total. The molecule has 0 radical (unpaired) electrons. The first-order chi connectivity index (χ1) is 14.1. The maximum absolute atomic E-state index is 12.6. The second-order valence-electron chi connectivity index (χ2n) is 9.40. The van der Waals surface area contributed by atoms with E-state index >= 15 is 0 Å². The predicted molar refractivity (Wildman–Crippen MR) is 119 cm³/mol. The van der Waals surface area contributed by atoms with Crippen LogP contribution in [0.1, 0.15) is 53.4 Å². The summed E-state index contributed by atoms with van der Waals surface area (Å²) < 4.78 is 25.5. The van der Waals surface area contributed by atoms with E-state index in [2.05, 4.69) is 34.4 Å². The molecule has 30 heavy (non-hydrogen) atoms. The Morgan fingerprint density at radius 3 is 2.60 bits per heavy atom. The van der Waals surface area contributed by atoms with Gasteiger partial charge in [0.1, 0.15) is 5.82 Å². The molecule has 2 aliphatic rings. The van der Waals surface area contributed by atoms with Crippen molar-refractivity contribution in [3.8, 4) is 0 Å². The number of hydrogen-bond acceptors (Lipinski definition) is 6. The molecule has 1 aromatic rings. The molecule has 3 rings (SSSR count). The van der Waals surface area contributed by atoms with E-state index in [1.54, 1.807) is 19.9 Å². The van der Waals surface area contributed by atoms with Crippen LogP contribution in [-0.2, 0) is 14.8 Å². The van der Waals surface area contributed by atoms with E-state index in [-0.39, 0.29) is 17.9 Å². The van der Waals surface area contributed by atoms with Crippen LogP contribution in [0.4, 0.5) is 11.8 Å². The zero-order chi connectivity index (χ0) is 22.1. The number of carbonyl (C=O) groups is 1. The van der Waals surface area contributed by atoms with Crippen LogP contribution in [0.5, 0.6) is 0 Å². The van der Waals surface area contributed by atoms with Crippen molar-refractivity contribution >= 4 is 27.7 Å². The van der Waals surface area contributed by atoms with Crippen molar-refractivity contribution in [2.45, 2.75) is 65.5 Å². The number of aromatic nitrogens is 2. The molecule has 0 aromatic carbocycles. The van der Waals surface area contributed by atoms with Crippen LogP contribution in [0.3, 0.4) is 0 Å². The topological polar surface area (TPSA) is 104 Å². The van der Waals surface area contributed by atoms with Gasteiger partial charge in [0.15, 0.2) is 0 Å². The standard InChI is InChI=1S/C21H35N5O3S/c1-13(2)15-6-7-18-16(10-15)11-17(20(27)24-18)12-23-21-22-9-8-19(25-21)26(14(3)4)30(5,28)29/h8-9,13-18H,6-7,10-12H2,1-5H3,(H,24,27)(H,22,23,25). The number of carbonyl (C=O) groups excluding carboxylic acids is 1. The molecule has 0 bridgehead atoms. The quantitative estimate of drug-likeness (QED) is 0.680. The van der Waals surface area contributed by atoms with Crippen molar-refractivity contribution in [3.05, 3.63) is 12.3 Å². The van der Waals surface area contributed by atoms with Gasteiger partial charge in [-0.1, -0.05) is 13.8 Å². The normalized spacial score (nSPS) is 27.0. The molecule has 1 aliphatic heterocycles. The van der Waals surface area contributed by atoms with E-state index < -0.39 is 10.0 Å². The first-order valence-electron chi connectivity index (χ1n) is 10.9. The van der Waals surface area contributed by atoms with Crippen LogP contribution >= 0.6 is 0 Å². The third kappa shape index (κ3) is 5.22. The van der Waals surface area contributed by atoms with Crippen molar-refractivity contribution in [1.29, 1.82) is 0 Å². The molecule has 4 atom stereocenters. The molecule has 1 aromatic heterocycles. The molecule has 2 fully saturated rings. The third-order valence-corrected chi connectivity index (χ3v) is 7.77. The molecule has 1 aliphatic carbocycles. The fourth-order valence-corrected chi connectivity index (χ4v) is 6.10. The summed E-state index contributed by atoms with van der Waals surface area (Å²) in [6, 6.07) is 1.62. The van der Waals surface area contributed by atoms with Crippen molar-refractivity contribution in [1.82, 2.24) is 15.3 Å². The third-order valence-electron chi connectivity index (χ3n) is 6.45. The molecule has 1 saturated carbocycles. The summed E-state index contributed by atoms with van der Waals surface area (Å²) in [5, 5.41) is 6.38. The number of sulfonamides is 1. The van der Waals surface area contributed by atoms with Gasteiger partial charge in [-0.05, 0) is 57.3 Å². The van der Waals surface area contributed by atoms with Gasteiger partial charge >= 0.3 is 0 Å². The Balaban J connectivity index is 1.66. The first kappa shape index (κ1) is 22.8. The second-order valence-corrected chi connectivity index (χ2v) is 11.3. The average molecular weight is 438 g/mol. The lowest BCUT2D eigenvalue weighted by molar-refractivity contribution is -0.129. The van der Waals surface area contributed by atoms with Crippen LogP contribution < -0.4 is 14.9 Å². The molecule has 8 nitrogen and oxygen atoms in total. The van der Waals surface area contributed by atoms with Gasteiger partial charge in [-0.2, -0.15) is 4.98 Å². The van der Waals surface area contributed by atoms with E-state index in [1.165, 1.54) is 29.6 Å². The summed E-state index contributed by atoms with van der Waals surface area (Å²) in [5.74, 6) is 2.53. The van der Waals surface area contributed by atoms with Gasteiger partial charge in [0.05, 0.1) is 12.2 Å². The Morgan fingerprint density at radius 2 is 1.97 bits per heavy atom. The minimum Gasteiger partial charge on any atom is -0.353 e. The highest BCUT2D eigenvalue weighted by Crippen LogP contribution is 2.39. The monoisotopic (exact) mass is 437 g/mol. The highest BCUT2D eigenvalue weighted by molar-refractivity contribution is 7.92. The number of rotatable bonds is 7. The molecular weight excluding hydrogens is 402 g/mol. The van der Waals surface area contributed by atoms with Crippen molar-refractivity contribution in [3.63, 3.8) is 0 Å². The largest absolute Gasteiger partial charge is 0.353 e. The smallest absolute Gasteiger partial charge is 0.233 e. The van der Waals surface area contributed by atoms with Gasteiger partial charge in [-0.25, -0.2) is 13.4 Å². The summed E-state index contributed by atoms with van der Waals surface area (Å²) in [5.41, 5.74) is 0. The number of amides is 1. The van der Waals surface area contributed by atoms with Gasteiger partial charge < -0.3 is 10.6 Å². The first-order valence-corrected chi connectivity index (χ1v) is 12.8.